The third-order valence-electron chi connectivity index (χ3n) is 5.89. The largest absolute Gasteiger partial charge is 0.493 e. The lowest BCUT2D eigenvalue weighted by Crippen LogP contribution is -2.41. The average molecular weight is 303 g/mol. The molecule has 3 heteroatoms. The molecule has 0 spiro atoms. The van der Waals surface area contributed by atoms with Crippen LogP contribution in [0.25, 0.3) is 0 Å². The van der Waals surface area contributed by atoms with Crippen LogP contribution in [0.1, 0.15) is 50.5 Å². The van der Waals surface area contributed by atoms with Crippen molar-refractivity contribution in [1.29, 1.82) is 0 Å². The second-order valence-electron chi connectivity index (χ2n) is 6.93. The van der Waals surface area contributed by atoms with Crippen LogP contribution in [-0.4, -0.2) is 38.8 Å². The highest BCUT2D eigenvalue weighted by Gasteiger charge is 2.46. The fourth-order valence-electron chi connectivity index (χ4n) is 4.67. The van der Waals surface area contributed by atoms with Crippen molar-refractivity contribution in [1.82, 2.24) is 4.90 Å². The second kappa shape index (κ2) is 6.49. The number of rotatable bonds is 3. The van der Waals surface area contributed by atoms with E-state index in [9.17, 15) is 0 Å². The van der Waals surface area contributed by atoms with Crippen LogP contribution in [0.4, 0.5) is 0 Å². The van der Waals surface area contributed by atoms with E-state index in [2.05, 4.69) is 30.1 Å². The Labute approximate surface area is 134 Å². The van der Waals surface area contributed by atoms with Crippen LogP contribution in [-0.2, 0) is 5.41 Å². The Balaban J connectivity index is 2.01. The van der Waals surface area contributed by atoms with Crippen LogP contribution in [0.3, 0.4) is 0 Å². The minimum atomic E-state index is 0.300. The van der Waals surface area contributed by atoms with Crippen molar-refractivity contribution in [3.8, 4) is 11.5 Å². The topological polar surface area (TPSA) is 21.7 Å². The first-order chi connectivity index (χ1) is 10.7. The van der Waals surface area contributed by atoms with Gasteiger partial charge in [0.15, 0.2) is 11.5 Å². The molecule has 1 aromatic carbocycles. The van der Waals surface area contributed by atoms with Gasteiger partial charge < -0.3 is 14.4 Å². The van der Waals surface area contributed by atoms with E-state index in [1.165, 1.54) is 57.1 Å². The lowest BCUT2D eigenvalue weighted by molar-refractivity contribution is 0.199. The third kappa shape index (κ3) is 2.60. The zero-order chi connectivity index (χ0) is 15.6. The molecule has 1 aliphatic heterocycles. The smallest absolute Gasteiger partial charge is 0.161 e. The molecule has 22 heavy (non-hydrogen) atoms. The summed E-state index contributed by atoms with van der Waals surface area (Å²) in [7, 11) is 5.74. The van der Waals surface area contributed by atoms with Crippen LogP contribution >= 0.6 is 0 Å². The first-order valence-corrected chi connectivity index (χ1v) is 8.64. The summed E-state index contributed by atoms with van der Waals surface area (Å²) in [5, 5.41) is 0. The normalized spacial score (nSPS) is 29.5. The lowest BCUT2D eigenvalue weighted by atomic mass is 9.68. The van der Waals surface area contributed by atoms with Crippen LogP contribution in [0.5, 0.6) is 11.5 Å². The van der Waals surface area contributed by atoms with Gasteiger partial charge in [-0.2, -0.15) is 0 Å². The van der Waals surface area contributed by atoms with Crippen molar-refractivity contribution in [3.63, 3.8) is 0 Å². The summed E-state index contributed by atoms with van der Waals surface area (Å²) in [6, 6.07) is 7.25. The van der Waals surface area contributed by atoms with Crippen molar-refractivity contribution >= 4 is 0 Å². The Hall–Kier alpha value is -1.22. The molecule has 2 aliphatic rings. The number of likely N-dealkylation sites (tertiary alicyclic amines) is 1. The van der Waals surface area contributed by atoms with E-state index in [1.807, 2.05) is 0 Å². The first-order valence-electron chi connectivity index (χ1n) is 8.64. The standard InChI is InChI=1S/C19H29NO2/c1-20-13-12-19(11-7-5-4-6-8-18(19)20)15-9-10-16(21-2)17(14-15)22-3/h9-10,14,18H,4-8,11-13H2,1-3H3/t18-,19-/m0/s1. The van der Waals surface area contributed by atoms with Gasteiger partial charge in [-0.1, -0.05) is 31.7 Å². The van der Waals surface area contributed by atoms with Gasteiger partial charge >= 0.3 is 0 Å². The molecule has 1 heterocycles. The number of likely N-dealkylation sites (N-methyl/N-ethyl adjacent to an activating group) is 1. The molecule has 0 amide bonds. The summed E-state index contributed by atoms with van der Waals surface area (Å²) in [6.07, 6.45) is 9.38. The van der Waals surface area contributed by atoms with Gasteiger partial charge in [-0.05, 0) is 50.6 Å². The summed E-state index contributed by atoms with van der Waals surface area (Å²) in [5.74, 6) is 1.70. The third-order valence-corrected chi connectivity index (χ3v) is 5.89. The van der Waals surface area contributed by atoms with Gasteiger partial charge in [-0.15, -0.1) is 0 Å². The maximum absolute atomic E-state index is 5.56. The molecule has 2 atom stereocenters. The summed E-state index contributed by atoms with van der Waals surface area (Å²) in [6.45, 7) is 1.21. The predicted octanol–water partition coefficient (Wildman–Crippen LogP) is 4.00. The van der Waals surface area contributed by atoms with Gasteiger partial charge in [0, 0.05) is 11.5 Å². The minimum absolute atomic E-state index is 0.300. The van der Waals surface area contributed by atoms with Gasteiger partial charge in [-0.25, -0.2) is 0 Å². The van der Waals surface area contributed by atoms with Crippen molar-refractivity contribution in [2.45, 2.75) is 56.4 Å². The highest BCUT2D eigenvalue weighted by atomic mass is 16.5. The monoisotopic (exact) mass is 303 g/mol. The molecule has 3 rings (SSSR count). The Morgan fingerprint density at radius 3 is 2.55 bits per heavy atom. The fourth-order valence-corrected chi connectivity index (χ4v) is 4.67. The average Bonchev–Trinajstić information content (AvgIpc) is 2.83. The van der Waals surface area contributed by atoms with Crippen molar-refractivity contribution in [3.05, 3.63) is 23.8 Å². The zero-order valence-electron chi connectivity index (χ0n) is 14.2. The van der Waals surface area contributed by atoms with Crippen LogP contribution in [0.15, 0.2) is 18.2 Å². The molecule has 0 N–H and O–H groups in total. The van der Waals surface area contributed by atoms with E-state index in [-0.39, 0.29) is 0 Å². The molecule has 1 saturated heterocycles. The summed E-state index contributed by atoms with van der Waals surface area (Å²) >= 11 is 0. The molecule has 122 valence electrons. The van der Waals surface area contributed by atoms with Gasteiger partial charge in [0.2, 0.25) is 0 Å². The van der Waals surface area contributed by atoms with Gasteiger partial charge in [0.05, 0.1) is 14.2 Å². The Morgan fingerprint density at radius 2 is 1.77 bits per heavy atom. The van der Waals surface area contributed by atoms with Crippen LogP contribution in [0.2, 0.25) is 0 Å². The molecule has 2 fully saturated rings. The summed E-state index contributed by atoms with van der Waals surface area (Å²) in [5.41, 5.74) is 1.75. The zero-order valence-corrected chi connectivity index (χ0v) is 14.2. The van der Waals surface area contributed by atoms with E-state index in [0.29, 0.717) is 11.5 Å². The van der Waals surface area contributed by atoms with E-state index in [0.717, 1.165) is 11.5 Å². The number of nitrogens with zero attached hydrogens (tertiary/aromatic N) is 1. The number of hydrogen-bond donors (Lipinski definition) is 0. The van der Waals surface area contributed by atoms with E-state index >= 15 is 0 Å². The van der Waals surface area contributed by atoms with Gasteiger partial charge in [-0.3, -0.25) is 0 Å². The van der Waals surface area contributed by atoms with E-state index in [4.69, 9.17) is 9.47 Å². The molecule has 1 aromatic rings. The van der Waals surface area contributed by atoms with E-state index in [1.54, 1.807) is 14.2 Å². The number of benzene rings is 1. The SMILES string of the molecule is COc1ccc([C@@]23CCCCCC[C@@H]2N(C)CC3)cc1OC. The Bertz CT molecular complexity index is 516. The van der Waals surface area contributed by atoms with Crippen LogP contribution in [0, 0.1) is 0 Å². The van der Waals surface area contributed by atoms with Crippen molar-refractivity contribution < 1.29 is 9.47 Å². The molecule has 0 unspecified atom stereocenters. The number of hydrogen-bond acceptors (Lipinski definition) is 3. The number of fused-ring (bicyclic) bond motifs is 1. The first kappa shape index (κ1) is 15.7. The van der Waals surface area contributed by atoms with Gasteiger partial charge in [0.1, 0.15) is 0 Å². The quantitative estimate of drug-likeness (QED) is 0.842. The molecule has 3 nitrogen and oxygen atoms in total. The molecule has 1 saturated carbocycles. The summed E-state index contributed by atoms with van der Waals surface area (Å²) < 4.78 is 11.0. The van der Waals surface area contributed by atoms with Crippen LogP contribution < -0.4 is 9.47 Å². The van der Waals surface area contributed by atoms with Crippen molar-refractivity contribution in [2.24, 2.45) is 0 Å². The molecule has 1 aliphatic carbocycles. The molecule has 0 bridgehead atoms. The fraction of sp³-hybridized carbons (Fsp3) is 0.684. The van der Waals surface area contributed by atoms with E-state index < -0.39 is 0 Å². The maximum Gasteiger partial charge on any atom is 0.161 e. The molecule has 0 aromatic heterocycles. The summed E-state index contributed by atoms with van der Waals surface area (Å²) in [4.78, 5) is 2.59. The highest BCUT2D eigenvalue weighted by molar-refractivity contribution is 5.46. The number of methoxy groups -OCH3 is 2. The lowest BCUT2D eigenvalue weighted by Gasteiger charge is -2.40. The van der Waals surface area contributed by atoms with Gasteiger partial charge in [0.25, 0.3) is 0 Å². The minimum Gasteiger partial charge on any atom is -0.493 e. The molecular weight excluding hydrogens is 274 g/mol. The Kier molecular flexibility index (Phi) is 4.62. The predicted molar refractivity (Wildman–Crippen MR) is 90.0 cm³/mol. The molecule has 0 radical (unpaired) electrons. The number of ether oxygens (including phenoxy) is 2. The maximum atomic E-state index is 5.56. The molecular formula is C19H29NO2. The van der Waals surface area contributed by atoms with Crippen molar-refractivity contribution in [2.75, 3.05) is 27.8 Å². The second-order valence-corrected chi connectivity index (χ2v) is 6.93. The Morgan fingerprint density at radius 1 is 1.00 bits per heavy atom. The highest BCUT2D eigenvalue weighted by Crippen LogP contribution is 2.48.